The minimum atomic E-state index is -3.72. The highest BCUT2D eigenvalue weighted by Crippen LogP contribution is 2.23. The number of carboxylic acid groups (broad SMARTS) is 1. The SMILES string of the molecule is Cn1cc(S(=O)(=O)NCC2CCN(c3ccccc3)C2)cc1C(=O)O. The summed E-state index contributed by atoms with van der Waals surface area (Å²) in [6.45, 7) is 2.02. The summed E-state index contributed by atoms with van der Waals surface area (Å²) >= 11 is 0. The first-order valence-corrected chi connectivity index (χ1v) is 9.54. The molecule has 1 aromatic carbocycles. The van der Waals surface area contributed by atoms with Crippen molar-refractivity contribution < 1.29 is 18.3 Å². The second-order valence-electron chi connectivity index (χ2n) is 6.27. The number of para-hydroxylation sites is 1. The van der Waals surface area contributed by atoms with Crippen LogP contribution in [0.15, 0.2) is 47.5 Å². The highest BCUT2D eigenvalue weighted by Gasteiger charge is 2.26. The predicted molar refractivity (Wildman–Crippen MR) is 94.3 cm³/mol. The Morgan fingerprint density at radius 2 is 2.04 bits per heavy atom. The molecule has 8 heteroatoms. The van der Waals surface area contributed by atoms with Crippen LogP contribution in [0.5, 0.6) is 0 Å². The molecule has 3 rings (SSSR count). The third kappa shape index (κ3) is 3.85. The normalized spacial score (nSPS) is 17.8. The van der Waals surface area contributed by atoms with Crippen LogP contribution in [0.4, 0.5) is 5.69 Å². The summed E-state index contributed by atoms with van der Waals surface area (Å²) in [5.74, 6) is -0.934. The molecular formula is C17H21N3O4S. The van der Waals surface area contributed by atoms with Gasteiger partial charge in [-0.05, 0) is 30.5 Å². The van der Waals surface area contributed by atoms with E-state index < -0.39 is 16.0 Å². The molecule has 1 atom stereocenters. The number of carbonyl (C=O) groups is 1. The Bertz CT molecular complexity index is 861. The maximum Gasteiger partial charge on any atom is 0.352 e. The summed E-state index contributed by atoms with van der Waals surface area (Å²) < 4.78 is 28.7. The Labute approximate surface area is 146 Å². The van der Waals surface area contributed by atoms with E-state index in [1.165, 1.54) is 23.9 Å². The Hall–Kier alpha value is -2.32. The molecule has 2 aromatic rings. The molecule has 1 saturated heterocycles. The molecule has 1 aliphatic rings. The van der Waals surface area contributed by atoms with Gasteiger partial charge in [0.25, 0.3) is 0 Å². The lowest BCUT2D eigenvalue weighted by molar-refractivity contribution is 0.0686. The highest BCUT2D eigenvalue weighted by molar-refractivity contribution is 7.89. The molecule has 0 saturated carbocycles. The van der Waals surface area contributed by atoms with Gasteiger partial charge in [-0.1, -0.05) is 18.2 Å². The molecule has 2 heterocycles. The molecule has 134 valence electrons. The van der Waals surface area contributed by atoms with Crippen molar-refractivity contribution in [1.29, 1.82) is 0 Å². The maximum absolute atomic E-state index is 12.4. The second kappa shape index (κ2) is 6.89. The summed E-state index contributed by atoms with van der Waals surface area (Å²) in [6, 6.07) is 11.2. The number of sulfonamides is 1. The summed E-state index contributed by atoms with van der Waals surface area (Å²) in [5.41, 5.74) is 1.08. The number of anilines is 1. The van der Waals surface area contributed by atoms with E-state index in [2.05, 4.69) is 9.62 Å². The number of rotatable bonds is 6. The molecular weight excluding hydrogens is 342 g/mol. The van der Waals surface area contributed by atoms with Crippen molar-refractivity contribution in [2.24, 2.45) is 13.0 Å². The van der Waals surface area contributed by atoms with Crippen molar-refractivity contribution in [2.75, 3.05) is 24.5 Å². The van der Waals surface area contributed by atoms with Gasteiger partial charge in [-0.15, -0.1) is 0 Å². The number of nitrogens with one attached hydrogen (secondary N) is 1. The van der Waals surface area contributed by atoms with Gasteiger partial charge in [0.05, 0.1) is 0 Å². The van der Waals surface area contributed by atoms with Gasteiger partial charge in [-0.3, -0.25) is 0 Å². The summed E-state index contributed by atoms with van der Waals surface area (Å²) in [7, 11) is -2.21. The smallest absolute Gasteiger partial charge is 0.352 e. The van der Waals surface area contributed by atoms with E-state index in [0.717, 1.165) is 25.2 Å². The molecule has 0 spiro atoms. The van der Waals surface area contributed by atoms with Crippen LogP contribution >= 0.6 is 0 Å². The van der Waals surface area contributed by atoms with E-state index in [4.69, 9.17) is 5.11 Å². The average Bonchev–Trinajstić information content (AvgIpc) is 3.21. The number of benzene rings is 1. The largest absolute Gasteiger partial charge is 0.477 e. The van der Waals surface area contributed by atoms with E-state index in [1.54, 1.807) is 0 Å². The zero-order valence-electron chi connectivity index (χ0n) is 13.9. The first-order chi connectivity index (χ1) is 11.9. The van der Waals surface area contributed by atoms with Crippen molar-refractivity contribution >= 4 is 21.7 Å². The summed E-state index contributed by atoms with van der Waals surface area (Å²) in [5, 5.41) is 9.04. The number of nitrogens with zero attached hydrogens (tertiary/aromatic N) is 2. The minimum absolute atomic E-state index is 0.0229. The lowest BCUT2D eigenvalue weighted by atomic mass is 10.1. The number of aromatic nitrogens is 1. The summed E-state index contributed by atoms with van der Waals surface area (Å²) in [4.78, 5) is 13.3. The van der Waals surface area contributed by atoms with Gasteiger partial charge in [0.1, 0.15) is 10.6 Å². The quantitative estimate of drug-likeness (QED) is 0.812. The zero-order valence-corrected chi connectivity index (χ0v) is 14.7. The highest BCUT2D eigenvalue weighted by atomic mass is 32.2. The third-order valence-electron chi connectivity index (χ3n) is 4.48. The van der Waals surface area contributed by atoms with E-state index in [9.17, 15) is 13.2 Å². The molecule has 7 nitrogen and oxygen atoms in total. The van der Waals surface area contributed by atoms with Crippen LogP contribution < -0.4 is 9.62 Å². The fraction of sp³-hybridized carbons (Fsp3) is 0.353. The molecule has 1 fully saturated rings. The van der Waals surface area contributed by atoms with Crippen molar-refractivity contribution in [3.8, 4) is 0 Å². The number of aromatic carboxylic acids is 1. The van der Waals surface area contributed by atoms with Crippen LogP contribution in [0.2, 0.25) is 0 Å². The van der Waals surface area contributed by atoms with E-state index >= 15 is 0 Å². The van der Waals surface area contributed by atoms with Gasteiger partial charge in [0.15, 0.2) is 0 Å². The van der Waals surface area contributed by atoms with Gasteiger partial charge in [0, 0.05) is 38.6 Å². The summed E-state index contributed by atoms with van der Waals surface area (Å²) in [6.07, 6.45) is 2.23. The average molecular weight is 363 g/mol. The minimum Gasteiger partial charge on any atom is -0.477 e. The fourth-order valence-electron chi connectivity index (χ4n) is 3.08. The molecule has 0 aliphatic carbocycles. The van der Waals surface area contributed by atoms with Crippen LogP contribution in [0, 0.1) is 5.92 Å². The monoisotopic (exact) mass is 363 g/mol. The van der Waals surface area contributed by atoms with Crippen molar-refractivity contribution in [3.05, 3.63) is 48.3 Å². The predicted octanol–water partition coefficient (Wildman–Crippen LogP) is 1.53. The van der Waals surface area contributed by atoms with Gasteiger partial charge >= 0.3 is 5.97 Å². The molecule has 1 aliphatic heterocycles. The zero-order chi connectivity index (χ0) is 18.0. The Kier molecular flexibility index (Phi) is 4.82. The van der Waals surface area contributed by atoms with Crippen molar-refractivity contribution in [3.63, 3.8) is 0 Å². The van der Waals surface area contributed by atoms with Crippen LogP contribution in [-0.4, -0.2) is 43.7 Å². The number of hydrogen-bond acceptors (Lipinski definition) is 4. The van der Waals surface area contributed by atoms with Gasteiger partial charge < -0.3 is 14.6 Å². The number of carboxylic acids is 1. The fourth-order valence-corrected chi connectivity index (χ4v) is 4.26. The Balaban J connectivity index is 1.61. The number of hydrogen-bond donors (Lipinski definition) is 2. The van der Waals surface area contributed by atoms with Crippen LogP contribution in [-0.2, 0) is 17.1 Å². The van der Waals surface area contributed by atoms with Gasteiger partial charge in [0.2, 0.25) is 10.0 Å². The van der Waals surface area contributed by atoms with Crippen LogP contribution in [0.25, 0.3) is 0 Å². The maximum atomic E-state index is 12.4. The second-order valence-corrected chi connectivity index (χ2v) is 8.03. The molecule has 2 N–H and O–H groups in total. The first-order valence-electron chi connectivity index (χ1n) is 8.06. The van der Waals surface area contributed by atoms with Crippen LogP contribution in [0.3, 0.4) is 0 Å². The molecule has 1 unspecified atom stereocenters. The first kappa shape index (κ1) is 17.5. The molecule has 0 radical (unpaired) electrons. The lowest BCUT2D eigenvalue weighted by Crippen LogP contribution is -2.31. The third-order valence-corrected chi connectivity index (χ3v) is 5.87. The van der Waals surface area contributed by atoms with E-state index in [1.807, 2.05) is 30.3 Å². The Morgan fingerprint density at radius 3 is 2.68 bits per heavy atom. The van der Waals surface area contributed by atoms with Crippen molar-refractivity contribution in [1.82, 2.24) is 9.29 Å². The molecule has 0 bridgehead atoms. The van der Waals surface area contributed by atoms with Crippen LogP contribution in [0.1, 0.15) is 16.9 Å². The van der Waals surface area contributed by atoms with E-state index in [-0.39, 0.29) is 16.5 Å². The van der Waals surface area contributed by atoms with Gasteiger partial charge in [-0.2, -0.15) is 0 Å². The molecule has 25 heavy (non-hydrogen) atoms. The Morgan fingerprint density at radius 1 is 1.32 bits per heavy atom. The van der Waals surface area contributed by atoms with Gasteiger partial charge in [-0.25, -0.2) is 17.9 Å². The standard InChI is InChI=1S/C17H21N3O4S/c1-19-12-15(9-16(19)17(21)22)25(23,24)18-10-13-7-8-20(11-13)14-5-3-2-4-6-14/h2-6,9,12-13,18H,7-8,10-11H2,1H3,(H,21,22). The van der Waals surface area contributed by atoms with E-state index in [0.29, 0.717) is 6.54 Å². The topological polar surface area (TPSA) is 91.6 Å². The van der Waals surface area contributed by atoms with Crippen molar-refractivity contribution in [2.45, 2.75) is 11.3 Å². The number of aryl methyl sites for hydroxylation is 1. The lowest BCUT2D eigenvalue weighted by Gasteiger charge is -2.18. The molecule has 0 amide bonds. The molecule has 1 aromatic heterocycles.